The number of hydrogen-bond donors (Lipinski definition) is 1. The second-order valence-electron chi connectivity index (χ2n) is 6.11. The highest BCUT2D eigenvalue weighted by molar-refractivity contribution is 7.98. The van der Waals surface area contributed by atoms with Gasteiger partial charge in [0.15, 0.2) is 11.0 Å². The number of ether oxygens (including phenoxy) is 1. The minimum Gasteiger partial charge on any atom is -0.383 e. The lowest BCUT2D eigenvalue weighted by atomic mass is 10.1. The third kappa shape index (κ3) is 3.74. The minimum atomic E-state index is -0.228. The quantitative estimate of drug-likeness (QED) is 0.478. The molecule has 2 heterocycles. The van der Waals surface area contributed by atoms with Gasteiger partial charge < -0.3 is 9.72 Å². The van der Waals surface area contributed by atoms with Crippen molar-refractivity contribution in [2.75, 3.05) is 13.7 Å². The normalized spacial score (nSPS) is 11.3. The van der Waals surface area contributed by atoms with Crippen LogP contribution < -0.4 is 0 Å². The molecule has 0 saturated carbocycles. The molecule has 5 nitrogen and oxygen atoms in total. The number of para-hydroxylation sites is 1. The van der Waals surface area contributed by atoms with E-state index in [2.05, 4.69) is 25.8 Å². The summed E-state index contributed by atoms with van der Waals surface area (Å²) in [5.74, 6) is 1.28. The Hall–Kier alpha value is -2.64. The van der Waals surface area contributed by atoms with E-state index >= 15 is 0 Å². The van der Waals surface area contributed by atoms with Crippen molar-refractivity contribution in [3.05, 3.63) is 66.1 Å². The second kappa shape index (κ2) is 7.94. The molecule has 4 rings (SSSR count). The van der Waals surface area contributed by atoms with Crippen LogP contribution >= 0.6 is 11.8 Å². The first-order valence-electron chi connectivity index (χ1n) is 8.62. The van der Waals surface area contributed by atoms with E-state index in [1.54, 1.807) is 31.0 Å². The molecule has 2 aromatic carbocycles. The number of nitrogens with one attached hydrogen (secondary N) is 1. The van der Waals surface area contributed by atoms with Crippen LogP contribution in [0.15, 0.2) is 59.9 Å². The van der Waals surface area contributed by atoms with E-state index < -0.39 is 0 Å². The smallest absolute Gasteiger partial charge is 0.191 e. The Morgan fingerprint density at radius 3 is 2.74 bits per heavy atom. The summed E-state index contributed by atoms with van der Waals surface area (Å²) in [6, 6.07) is 14.7. The maximum atomic E-state index is 13.1. The molecule has 0 radical (unpaired) electrons. The number of nitrogens with zero attached hydrogens (tertiary/aromatic N) is 3. The van der Waals surface area contributed by atoms with E-state index in [9.17, 15) is 4.39 Å². The van der Waals surface area contributed by atoms with Gasteiger partial charge in [0, 0.05) is 35.5 Å². The fourth-order valence-electron chi connectivity index (χ4n) is 2.96. The number of hydrogen-bond acceptors (Lipinski definition) is 4. The molecule has 1 N–H and O–H groups in total. The summed E-state index contributed by atoms with van der Waals surface area (Å²) >= 11 is 1.58. The lowest BCUT2D eigenvalue weighted by Gasteiger charge is -2.09. The summed E-state index contributed by atoms with van der Waals surface area (Å²) in [6.07, 6.45) is 1.96. The van der Waals surface area contributed by atoms with Gasteiger partial charge in [-0.25, -0.2) is 4.39 Å². The Labute approximate surface area is 160 Å². The summed E-state index contributed by atoms with van der Waals surface area (Å²) in [7, 11) is 1.68. The molecule has 0 amide bonds. The van der Waals surface area contributed by atoms with Crippen LogP contribution in [0.4, 0.5) is 4.39 Å². The molecule has 0 bridgehead atoms. The van der Waals surface area contributed by atoms with Gasteiger partial charge in [0.05, 0.1) is 13.2 Å². The van der Waals surface area contributed by atoms with Gasteiger partial charge in [0.1, 0.15) is 5.82 Å². The number of methoxy groups -OCH3 is 1. The van der Waals surface area contributed by atoms with Crippen LogP contribution in [0.3, 0.4) is 0 Å². The number of aromatic amines is 1. The van der Waals surface area contributed by atoms with Crippen LogP contribution in [0.1, 0.15) is 5.56 Å². The van der Waals surface area contributed by atoms with E-state index in [1.807, 2.05) is 24.4 Å². The number of halogens is 1. The number of fused-ring (bicyclic) bond motifs is 1. The van der Waals surface area contributed by atoms with Crippen molar-refractivity contribution in [2.45, 2.75) is 17.5 Å². The summed E-state index contributed by atoms with van der Waals surface area (Å²) < 4.78 is 20.4. The Morgan fingerprint density at radius 1 is 1.11 bits per heavy atom. The predicted octanol–water partition coefficient (Wildman–Crippen LogP) is 4.50. The molecule has 0 fully saturated rings. The summed E-state index contributed by atoms with van der Waals surface area (Å²) in [6.45, 7) is 1.22. The molecule has 0 saturated heterocycles. The summed E-state index contributed by atoms with van der Waals surface area (Å²) in [4.78, 5) is 3.29. The Balaban J connectivity index is 1.65. The third-order valence-corrected chi connectivity index (χ3v) is 5.39. The van der Waals surface area contributed by atoms with Crippen LogP contribution in [0.2, 0.25) is 0 Å². The molecule has 27 heavy (non-hydrogen) atoms. The number of H-pyrrole nitrogens is 1. The summed E-state index contributed by atoms with van der Waals surface area (Å²) in [5, 5.41) is 10.8. The zero-order valence-electron chi connectivity index (χ0n) is 14.9. The fourth-order valence-corrected chi connectivity index (χ4v) is 3.88. The van der Waals surface area contributed by atoms with Gasteiger partial charge in [-0.1, -0.05) is 42.1 Å². The average Bonchev–Trinajstić information content (AvgIpc) is 3.29. The van der Waals surface area contributed by atoms with E-state index in [0.29, 0.717) is 18.9 Å². The van der Waals surface area contributed by atoms with Gasteiger partial charge in [-0.3, -0.25) is 4.57 Å². The first-order chi connectivity index (χ1) is 13.3. The molecule has 0 spiro atoms. The molecule has 0 unspecified atom stereocenters. The minimum absolute atomic E-state index is 0.228. The van der Waals surface area contributed by atoms with Crippen LogP contribution in [-0.2, 0) is 17.0 Å². The summed E-state index contributed by atoms with van der Waals surface area (Å²) in [5.41, 5.74) is 3.12. The first-order valence-corrected chi connectivity index (χ1v) is 9.60. The maximum Gasteiger partial charge on any atom is 0.191 e. The van der Waals surface area contributed by atoms with Crippen molar-refractivity contribution in [1.29, 1.82) is 0 Å². The van der Waals surface area contributed by atoms with E-state index in [1.165, 1.54) is 12.1 Å². The highest BCUT2D eigenvalue weighted by atomic mass is 32.2. The Kier molecular flexibility index (Phi) is 5.22. The first kappa shape index (κ1) is 17.8. The van der Waals surface area contributed by atoms with E-state index in [4.69, 9.17) is 4.74 Å². The highest BCUT2D eigenvalue weighted by Crippen LogP contribution is 2.31. The topological polar surface area (TPSA) is 55.7 Å². The molecule has 2 aromatic heterocycles. The lowest BCUT2D eigenvalue weighted by Crippen LogP contribution is -2.07. The number of aromatic nitrogens is 4. The standard InChI is InChI=1S/C20H19FN4OS/c1-26-11-10-25-19(17-12-22-18-5-3-2-4-16(17)18)23-24-20(25)27-13-14-6-8-15(21)9-7-14/h2-9,12,22H,10-11,13H2,1H3. The lowest BCUT2D eigenvalue weighted by molar-refractivity contribution is 0.185. The van der Waals surface area contributed by atoms with Gasteiger partial charge >= 0.3 is 0 Å². The van der Waals surface area contributed by atoms with Crippen molar-refractivity contribution in [3.63, 3.8) is 0 Å². The monoisotopic (exact) mass is 382 g/mol. The molecule has 0 atom stereocenters. The zero-order chi connectivity index (χ0) is 18.6. The molecule has 0 aliphatic rings. The van der Waals surface area contributed by atoms with E-state index in [-0.39, 0.29) is 5.82 Å². The zero-order valence-corrected chi connectivity index (χ0v) is 15.7. The van der Waals surface area contributed by atoms with Gasteiger partial charge in [0.25, 0.3) is 0 Å². The molecule has 138 valence electrons. The predicted molar refractivity (Wildman–Crippen MR) is 105 cm³/mol. The fraction of sp³-hybridized carbons (Fsp3) is 0.200. The van der Waals surface area contributed by atoms with Gasteiger partial charge in [-0.2, -0.15) is 0 Å². The Morgan fingerprint density at radius 2 is 1.93 bits per heavy atom. The largest absolute Gasteiger partial charge is 0.383 e. The average molecular weight is 382 g/mol. The number of rotatable bonds is 7. The van der Waals surface area contributed by atoms with Gasteiger partial charge in [-0.05, 0) is 23.8 Å². The van der Waals surface area contributed by atoms with Crippen molar-refractivity contribution < 1.29 is 9.13 Å². The van der Waals surface area contributed by atoms with Crippen molar-refractivity contribution >= 4 is 22.7 Å². The van der Waals surface area contributed by atoms with Gasteiger partial charge in [0.2, 0.25) is 0 Å². The van der Waals surface area contributed by atoms with Crippen LogP contribution in [0, 0.1) is 5.82 Å². The maximum absolute atomic E-state index is 13.1. The molecule has 7 heteroatoms. The van der Waals surface area contributed by atoms with E-state index in [0.717, 1.165) is 33.0 Å². The van der Waals surface area contributed by atoms with Crippen molar-refractivity contribution in [2.24, 2.45) is 0 Å². The van der Waals surface area contributed by atoms with Crippen LogP contribution in [-0.4, -0.2) is 33.5 Å². The number of thioether (sulfide) groups is 1. The van der Waals surface area contributed by atoms with Crippen molar-refractivity contribution in [3.8, 4) is 11.4 Å². The Bertz CT molecular complexity index is 1040. The van der Waals surface area contributed by atoms with Crippen molar-refractivity contribution in [1.82, 2.24) is 19.7 Å². The molecule has 4 aromatic rings. The molecule has 0 aliphatic carbocycles. The van der Waals surface area contributed by atoms with Crippen LogP contribution in [0.25, 0.3) is 22.3 Å². The molecular formula is C20H19FN4OS. The SMILES string of the molecule is COCCn1c(SCc2ccc(F)cc2)nnc1-c1c[nH]c2ccccc12. The molecule has 0 aliphatic heterocycles. The third-order valence-electron chi connectivity index (χ3n) is 4.35. The molecular weight excluding hydrogens is 363 g/mol. The number of benzene rings is 2. The second-order valence-corrected chi connectivity index (χ2v) is 7.06. The highest BCUT2D eigenvalue weighted by Gasteiger charge is 2.17. The van der Waals surface area contributed by atoms with Crippen LogP contribution in [0.5, 0.6) is 0 Å². The van der Waals surface area contributed by atoms with Gasteiger partial charge in [-0.15, -0.1) is 10.2 Å².